The van der Waals surface area contributed by atoms with E-state index in [1.807, 2.05) is 31.2 Å². The average Bonchev–Trinajstić information content (AvgIpc) is 3.15. The minimum Gasteiger partial charge on any atom is -0.337 e. The summed E-state index contributed by atoms with van der Waals surface area (Å²) in [4.78, 5) is 24.6. The highest BCUT2D eigenvalue weighted by Crippen LogP contribution is 2.33. The Morgan fingerprint density at radius 3 is 2.89 bits per heavy atom. The number of epoxide rings is 1. The Morgan fingerprint density at radius 1 is 1.42 bits per heavy atom. The summed E-state index contributed by atoms with van der Waals surface area (Å²) in [6.45, 7) is 2.45. The molecule has 2 aliphatic heterocycles. The molecule has 2 fully saturated rings. The highest BCUT2D eigenvalue weighted by Gasteiger charge is 2.55. The van der Waals surface area contributed by atoms with Crippen LogP contribution in [0.15, 0.2) is 24.3 Å². The van der Waals surface area contributed by atoms with Crippen molar-refractivity contribution in [2.75, 3.05) is 6.54 Å². The number of nitrogens with one attached hydrogen (secondary N) is 1. The highest BCUT2D eigenvalue weighted by atomic mass is 35.5. The van der Waals surface area contributed by atoms with Crippen LogP contribution in [0.4, 0.5) is 4.79 Å². The van der Waals surface area contributed by atoms with Crippen molar-refractivity contribution in [1.29, 1.82) is 0 Å². The maximum Gasteiger partial charge on any atom is 0.326 e. The number of carbonyl (C=O) groups excluding carboxylic acids is 2. The number of rotatable bonds is 3. The number of fused-ring (bicyclic) bond motifs is 1. The lowest BCUT2D eigenvalue weighted by Gasteiger charge is -2.27. The topological polar surface area (TPSA) is 61.9 Å². The molecule has 1 N–H and O–H groups in total. The molecule has 0 radical (unpaired) electrons. The molecule has 3 rings (SSSR count). The smallest absolute Gasteiger partial charge is 0.326 e. The van der Waals surface area contributed by atoms with E-state index in [-0.39, 0.29) is 11.8 Å². The Morgan fingerprint density at radius 2 is 2.16 bits per heavy atom. The third kappa shape index (κ3) is 2.19. The molecule has 0 saturated carbocycles. The van der Waals surface area contributed by atoms with Crippen LogP contribution in [0.1, 0.15) is 18.4 Å². The lowest BCUT2D eigenvalue weighted by Crippen LogP contribution is -2.52. The third-order valence-electron chi connectivity index (χ3n) is 3.43. The zero-order chi connectivity index (χ0) is 13.6. The summed E-state index contributed by atoms with van der Waals surface area (Å²) in [5, 5.41) is 2.96. The first-order chi connectivity index (χ1) is 9.08. The van der Waals surface area contributed by atoms with E-state index in [9.17, 15) is 9.59 Å². The fourth-order valence-corrected chi connectivity index (χ4v) is 2.67. The molecule has 1 aromatic carbocycles. The van der Waals surface area contributed by atoms with Crippen LogP contribution in [0.2, 0.25) is 5.02 Å². The first-order valence-corrected chi connectivity index (χ1v) is 6.47. The van der Waals surface area contributed by atoms with E-state index in [1.165, 1.54) is 0 Å². The van der Waals surface area contributed by atoms with Crippen LogP contribution in [0.5, 0.6) is 0 Å². The molecule has 2 saturated heterocycles. The van der Waals surface area contributed by atoms with Crippen molar-refractivity contribution in [3.63, 3.8) is 0 Å². The maximum atomic E-state index is 11.8. The lowest BCUT2D eigenvalue weighted by molar-refractivity contribution is -0.121. The predicted molar refractivity (Wildman–Crippen MR) is 68.8 cm³/mol. The summed E-state index contributed by atoms with van der Waals surface area (Å²) in [5.74, 6) is -0.283. The summed E-state index contributed by atoms with van der Waals surface area (Å²) >= 11 is 6.14. The van der Waals surface area contributed by atoms with E-state index >= 15 is 0 Å². The van der Waals surface area contributed by atoms with E-state index in [4.69, 9.17) is 16.3 Å². The van der Waals surface area contributed by atoms with Gasteiger partial charge in [0.1, 0.15) is 0 Å². The Labute approximate surface area is 115 Å². The molecule has 0 bridgehead atoms. The summed E-state index contributed by atoms with van der Waals surface area (Å²) < 4.78 is 5.20. The van der Waals surface area contributed by atoms with E-state index in [0.29, 0.717) is 11.6 Å². The summed E-state index contributed by atoms with van der Waals surface area (Å²) in [6.07, 6.45) is -0.915. The van der Waals surface area contributed by atoms with Crippen molar-refractivity contribution in [1.82, 2.24) is 10.2 Å². The average molecular weight is 281 g/mol. The Kier molecular flexibility index (Phi) is 2.95. The van der Waals surface area contributed by atoms with Gasteiger partial charge >= 0.3 is 6.03 Å². The number of nitrogens with zero attached hydrogens (tertiary/aromatic N) is 1. The van der Waals surface area contributed by atoms with Gasteiger partial charge in [0.05, 0.1) is 0 Å². The fourth-order valence-electron chi connectivity index (χ4n) is 2.35. The molecule has 0 spiro atoms. The summed E-state index contributed by atoms with van der Waals surface area (Å²) in [7, 11) is 0. The van der Waals surface area contributed by atoms with E-state index in [2.05, 4.69) is 5.32 Å². The van der Waals surface area contributed by atoms with Gasteiger partial charge in [0.15, 0.2) is 12.3 Å². The Hall–Kier alpha value is -1.59. The van der Waals surface area contributed by atoms with Crippen LogP contribution in [0.3, 0.4) is 0 Å². The van der Waals surface area contributed by atoms with E-state index in [0.717, 1.165) is 5.56 Å². The SMILES string of the molecule is CC(CN1C(=O)NC(=O)C2OC21)c1ccccc1Cl. The molecule has 19 heavy (non-hydrogen) atoms. The highest BCUT2D eigenvalue weighted by molar-refractivity contribution is 6.31. The molecule has 3 amide bonds. The van der Waals surface area contributed by atoms with Crippen molar-refractivity contribution in [2.45, 2.75) is 25.2 Å². The number of halogens is 1. The first-order valence-electron chi connectivity index (χ1n) is 6.09. The van der Waals surface area contributed by atoms with Gasteiger partial charge in [-0.15, -0.1) is 0 Å². The minimum absolute atomic E-state index is 0.0671. The third-order valence-corrected chi connectivity index (χ3v) is 3.78. The number of hydrogen-bond donors (Lipinski definition) is 1. The van der Waals surface area contributed by atoms with Crippen molar-refractivity contribution in [3.05, 3.63) is 34.9 Å². The maximum absolute atomic E-state index is 11.8. The van der Waals surface area contributed by atoms with Gasteiger partial charge in [0.2, 0.25) is 0 Å². The van der Waals surface area contributed by atoms with Crippen LogP contribution >= 0.6 is 11.6 Å². The zero-order valence-corrected chi connectivity index (χ0v) is 11.1. The Balaban J connectivity index is 1.74. The number of benzene rings is 1. The van der Waals surface area contributed by atoms with E-state index in [1.54, 1.807) is 4.90 Å². The largest absolute Gasteiger partial charge is 0.337 e. The molecule has 100 valence electrons. The molecule has 0 aliphatic carbocycles. The van der Waals surface area contributed by atoms with Crippen LogP contribution in [-0.2, 0) is 9.53 Å². The van der Waals surface area contributed by atoms with Crippen LogP contribution in [0, 0.1) is 0 Å². The molecule has 0 aromatic heterocycles. The molecular weight excluding hydrogens is 268 g/mol. The van der Waals surface area contributed by atoms with Crippen LogP contribution in [-0.4, -0.2) is 35.7 Å². The first kappa shape index (κ1) is 12.4. The molecule has 3 unspecified atom stereocenters. The monoisotopic (exact) mass is 280 g/mol. The summed E-state index contributed by atoms with van der Waals surface area (Å²) in [6, 6.07) is 7.14. The van der Waals surface area contributed by atoms with Crippen LogP contribution < -0.4 is 5.32 Å². The number of amides is 3. The molecule has 6 heteroatoms. The minimum atomic E-state index is -0.504. The van der Waals surface area contributed by atoms with Gasteiger partial charge in [-0.25, -0.2) is 4.79 Å². The molecule has 2 aliphatic rings. The fraction of sp³-hybridized carbons (Fsp3) is 0.385. The second-order valence-electron chi connectivity index (χ2n) is 4.82. The van der Waals surface area contributed by atoms with Gasteiger partial charge < -0.3 is 4.74 Å². The van der Waals surface area contributed by atoms with Crippen molar-refractivity contribution in [3.8, 4) is 0 Å². The van der Waals surface area contributed by atoms with Gasteiger partial charge in [-0.3, -0.25) is 15.0 Å². The standard InChI is InChI=1S/C13H13ClN2O3/c1-7(8-4-2-3-5-9(8)14)6-16-12-10(19-12)11(17)15-13(16)18/h2-5,7,10,12H,6H2,1H3,(H,15,17,18). The molecule has 5 nitrogen and oxygen atoms in total. The second-order valence-corrected chi connectivity index (χ2v) is 5.22. The molecule has 2 heterocycles. The van der Waals surface area contributed by atoms with Crippen molar-refractivity contribution < 1.29 is 14.3 Å². The van der Waals surface area contributed by atoms with E-state index < -0.39 is 18.4 Å². The predicted octanol–water partition coefficient (Wildman–Crippen LogP) is 1.72. The van der Waals surface area contributed by atoms with Crippen LogP contribution in [0.25, 0.3) is 0 Å². The van der Waals surface area contributed by atoms with Gasteiger partial charge in [-0.05, 0) is 11.6 Å². The quantitative estimate of drug-likeness (QED) is 0.858. The number of urea groups is 1. The van der Waals surface area contributed by atoms with Gasteiger partial charge in [-0.2, -0.15) is 0 Å². The lowest BCUT2D eigenvalue weighted by atomic mass is 10.0. The molecule has 1 aromatic rings. The summed E-state index contributed by atoms with van der Waals surface area (Å²) in [5.41, 5.74) is 0.978. The van der Waals surface area contributed by atoms with Gasteiger partial charge in [0.25, 0.3) is 5.91 Å². The number of imide groups is 1. The number of carbonyl (C=O) groups is 2. The number of ether oxygens (including phenoxy) is 1. The zero-order valence-electron chi connectivity index (χ0n) is 10.3. The van der Waals surface area contributed by atoms with Gasteiger partial charge in [0, 0.05) is 17.5 Å². The van der Waals surface area contributed by atoms with Crippen molar-refractivity contribution in [2.24, 2.45) is 0 Å². The van der Waals surface area contributed by atoms with Crippen molar-refractivity contribution >= 4 is 23.5 Å². The molecular formula is C13H13ClN2O3. The second kappa shape index (κ2) is 4.51. The van der Waals surface area contributed by atoms with Gasteiger partial charge in [-0.1, -0.05) is 36.7 Å². The molecule has 3 atom stereocenters. The number of hydrogen-bond acceptors (Lipinski definition) is 3. The normalized spacial score (nSPS) is 26.7. The Bertz CT molecular complexity index is 548.